The molecule has 7 nitrogen and oxygen atoms in total. The van der Waals surface area contributed by atoms with Crippen LogP contribution in [0.4, 0.5) is 0 Å². The minimum Gasteiger partial charge on any atom is -0.759 e. The molecule has 0 bridgehead atoms. The summed E-state index contributed by atoms with van der Waals surface area (Å²) in [6, 6.07) is 15.8. The quantitative estimate of drug-likeness (QED) is 0.318. The molecule has 5 rings (SSSR count). The predicted octanol–water partition coefficient (Wildman–Crippen LogP) is 4.19. The lowest BCUT2D eigenvalue weighted by Gasteiger charge is -2.57. The Morgan fingerprint density at radius 1 is 0.972 bits per heavy atom. The van der Waals surface area contributed by atoms with Crippen molar-refractivity contribution < 1.29 is 27.9 Å². The van der Waals surface area contributed by atoms with Crippen molar-refractivity contribution in [2.75, 3.05) is 6.61 Å². The van der Waals surface area contributed by atoms with Gasteiger partial charge in [0.2, 0.25) is 0 Å². The van der Waals surface area contributed by atoms with Gasteiger partial charge in [-0.2, -0.15) is 0 Å². The van der Waals surface area contributed by atoms with Gasteiger partial charge in [0.05, 0.1) is 30.4 Å². The van der Waals surface area contributed by atoms with Crippen LogP contribution in [0.2, 0.25) is 11.1 Å². The largest absolute Gasteiger partial charge is 0.759 e. The number of imide groups is 1. The van der Waals surface area contributed by atoms with Crippen molar-refractivity contribution in [3.8, 4) is 0 Å². The highest BCUT2D eigenvalue weighted by Crippen LogP contribution is 2.44. The Bertz CT molecular complexity index is 1090. The Labute approximate surface area is 218 Å². The van der Waals surface area contributed by atoms with E-state index in [4.69, 9.17) is 31.0 Å². The Kier molecular flexibility index (Phi) is 7.15. The Balaban J connectivity index is 1.53. The number of amides is 2. The maximum Gasteiger partial charge on any atom is 0.343 e. The van der Waals surface area contributed by atoms with E-state index >= 15 is 0 Å². The number of hydrogen-bond acceptors (Lipinski definition) is 7. The predicted molar refractivity (Wildman–Crippen MR) is 139 cm³/mol. The second-order valence-electron chi connectivity index (χ2n) is 10.2. The van der Waals surface area contributed by atoms with E-state index in [-0.39, 0.29) is 22.9 Å². The number of fused-ring (bicyclic) bond motifs is 2. The molecule has 5 atom stereocenters. The summed E-state index contributed by atoms with van der Waals surface area (Å²) < 4.78 is 26.0. The zero-order valence-corrected chi connectivity index (χ0v) is 22.8. The first-order valence-corrected chi connectivity index (χ1v) is 14.9. The Hall–Kier alpha value is -2.01. The number of ether oxygens (including phenoxy) is 2. The number of hydrogen-bond donors (Lipinski definition) is 0. The van der Waals surface area contributed by atoms with Gasteiger partial charge in [-0.05, 0) is 34.2 Å². The number of benzene rings is 2. The van der Waals surface area contributed by atoms with Crippen LogP contribution >= 0.6 is 0 Å². The van der Waals surface area contributed by atoms with Gasteiger partial charge >= 0.3 is 8.56 Å². The highest BCUT2D eigenvalue weighted by Gasteiger charge is 2.58. The zero-order valence-electron chi connectivity index (χ0n) is 21.0. The lowest BCUT2D eigenvalue weighted by Crippen LogP contribution is -2.71. The average Bonchev–Trinajstić information content (AvgIpc) is 3.12. The van der Waals surface area contributed by atoms with Crippen molar-refractivity contribution in [1.82, 2.24) is 4.90 Å². The lowest BCUT2D eigenvalue weighted by molar-refractivity contribution is -0.215. The molecule has 2 aromatic carbocycles. The first-order valence-electron chi connectivity index (χ1n) is 12.5. The van der Waals surface area contributed by atoms with Crippen LogP contribution in [0.5, 0.6) is 0 Å². The molecule has 0 saturated carbocycles. The number of rotatable bonds is 6. The summed E-state index contributed by atoms with van der Waals surface area (Å²) in [5, 5.41) is 0. The highest BCUT2D eigenvalue weighted by atomic mass is 32.1. The first-order chi connectivity index (χ1) is 17.2. The first kappa shape index (κ1) is 25.6. The van der Waals surface area contributed by atoms with Crippen LogP contribution in [-0.4, -0.2) is 61.7 Å². The molecule has 9 heteroatoms. The monoisotopic (exact) mass is 526 g/mol. The summed E-state index contributed by atoms with van der Waals surface area (Å²) in [4.78, 5) is 28.2. The van der Waals surface area contributed by atoms with Crippen molar-refractivity contribution in [3.05, 3.63) is 71.3 Å². The van der Waals surface area contributed by atoms with Gasteiger partial charge in [0.1, 0.15) is 18.3 Å². The van der Waals surface area contributed by atoms with E-state index < -0.39 is 38.4 Å². The van der Waals surface area contributed by atoms with Gasteiger partial charge in [0.25, 0.3) is 11.8 Å². The fraction of sp³-hybridized carbons (Fsp3) is 0.481. The molecule has 0 radical (unpaired) electrons. The van der Waals surface area contributed by atoms with Crippen LogP contribution in [0.15, 0.2) is 54.6 Å². The molecule has 2 amide bonds. The van der Waals surface area contributed by atoms with E-state index in [1.54, 1.807) is 24.3 Å². The fourth-order valence-corrected chi connectivity index (χ4v) is 9.77. The molecule has 2 saturated heterocycles. The van der Waals surface area contributed by atoms with Crippen molar-refractivity contribution >= 4 is 33.0 Å². The van der Waals surface area contributed by atoms with Crippen LogP contribution < -0.4 is 0 Å². The zero-order chi connectivity index (χ0) is 25.6. The number of carbonyl (C=O) groups excluding carboxylic acids is 2. The third-order valence-corrected chi connectivity index (χ3v) is 12.3. The Morgan fingerprint density at radius 2 is 1.56 bits per heavy atom. The second kappa shape index (κ2) is 10.0. The summed E-state index contributed by atoms with van der Waals surface area (Å²) in [5.74, 6) is -0.761. The van der Waals surface area contributed by atoms with Gasteiger partial charge < -0.3 is 31.0 Å². The molecular formula is C27H32NO6SSi-. The summed E-state index contributed by atoms with van der Waals surface area (Å²) >= 11 is 5.75. The van der Waals surface area contributed by atoms with Gasteiger partial charge in [-0.3, -0.25) is 14.5 Å². The maximum atomic E-state index is 13.5. The third kappa shape index (κ3) is 4.25. The summed E-state index contributed by atoms with van der Waals surface area (Å²) in [7, 11) is -2.67. The molecule has 0 N–H and O–H groups in total. The average molecular weight is 527 g/mol. The van der Waals surface area contributed by atoms with Gasteiger partial charge in [-0.15, -0.1) is 0 Å². The van der Waals surface area contributed by atoms with E-state index in [1.165, 1.54) is 4.90 Å². The lowest BCUT2D eigenvalue weighted by atomic mass is 9.96. The van der Waals surface area contributed by atoms with Crippen LogP contribution in [0, 0.1) is 0 Å². The van der Waals surface area contributed by atoms with Gasteiger partial charge in [-0.25, -0.2) is 0 Å². The normalized spacial score (nSPS) is 29.5. The van der Waals surface area contributed by atoms with Crippen LogP contribution in [0.25, 0.3) is 0 Å². The smallest absolute Gasteiger partial charge is 0.343 e. The van der Waals surface area contributed by atoms with Crippen molar-refractivity contribution in [3.63, 3.8) is 0 Å². The summed E-state index contributed by atoms with van der Waals surface area (Å²) in [6.07, 6.45) is -1.63. The highest BCUT2D eigenvalue weighted by molar-refractivity contribution is 7.59. The standard InChI is InChI=1S/C27H33NO6SSi/c1-16(2)36(17(3)4)32-15-21-23(34-36)24(31-14-18-10-6-5-7-11-18)22(27(35)33-21)28-25(29)19-12-8-9-13-20(19)26(28)30/h5-13,16-17,21-24,27,35H,14-15H2,1-4H3/p-1/t21-,22-,23+,24-,27+/m1/s1. The van der Waals surface area contributed by atoms with E-state index in [0.29, 0.717) is 24.3 Å². The molecule has 2 fully saturated rings. The minimum atomic E-state index is -2.67. The molecule has 36 heavy (non-hydrogen) atoms. The fourth-order valence-electron chi connectivity index (χ4n) is 5.61. The van der Waals surface area contributed by atoms with Gasteiger partial charge in [0.15, 0.2) is 0 Å². The maximum absolute atomic E-state index is 13.5. The molecule has 3 heterocycles. The van der Waals surface area contributed by atoms with Gasteiger partial charge in [0, 0.05) is 0 Å². The molecule has 3 aliphatic rings. The summed E-state index contributed by atoms with van der Waals surface area (Å²) in [6.45, 7) is 9.11. The Morgan fingerprint density at radius 3 is 2.14 bits per heavy atom. The second-order valence-corrected chi connectivity index (χ2v) is 15.0. The van der Waals surface area contributed by atoms with Crippen molar-refractivity contribution in [2.45, 2.75) is 75.2 Å². The van der Waals surface area contributed by atoms with Crippen molar-refractivity contribution in [1.29, 1.82) is 0 Å². The molecule has 0 spiro atoms. The van der Waals surface area contributed by atoms with E-state index in [1.807, 2.05) is 30.3 Å². The number of carbonyl (C=O) groups is 2. The molecular weight excluding hydrogens is 494 g/mol. The minimum absolute atomic E-state index is 0.187. The number of nitrogens with zero attached hydrogens (tertiary/aromatic N) is 1. The molecule has 3 aliphatic heterocycles. The van der Waals surface area contributed by atoms with E-state index in [2.05, 4.69) is 27.7 Å². The molecule has 192 valence electrons. The third-order valence-electron chi connectivity index (χ3n) is 7.43. The van der Waals surface area contributed by atoms with Gasteiger partial charge in [-0.1, -0.05) is 70.2 Å². The van der Waals surface area contributed by atoms with Crippen LogP contribution in [0.3, 0.4) is 0 Å². The summed E-state index contributed by atoms with van der Waals surface area (Å²) in [5.41, 5.74) is 1.23. The van der Waals surface area contributed by atoms with Crippen LogP contribution in [0.1, 0.15) is 54.0 Å². The SMILES string of the molecule is CC(C)[Si]1(C(C)C)OC[C@H]2O[C@@H]([S-])[C@H](N3C(=O)c4ccccc4C3=O)[C@@H](OCc3ccccc3)[C@H]2O1. The molecule has 0 unspecified atom stereocenters. The molecule has 2 aromatic rings. The van der Waals surface area contributed by atoms with E-state index in [9.17, 15) is 9.59 Å². The molecule has 0 aliphatic carbocycles. The van der Waals surface area contributed by atoms with Crippen LogP contribution in [-0.2, 0) is 37.6 Å². The van der Waals surface area contributed by atoms with Crippen molar-refractivity contribution in [2.24, 2.45) is 0 Å². The molecule has 0 aromatic heterocycles. The topological polar surface area (TPSA) is 74.3 Å². The van der Waals surface area contributed by atoms with E-state index in [0.717, 1.165) is 5.56 Å².